The molecule has 0 aromatic rings. The SMILES string of the molecule is CC1(C)CC(=O)C2C(CCl)=NNC2C1. The molecule has 2 rings (SSSR count). The lowest BCUT2D eigenvalue weighted by Gasteiger charge is -2.35. The van der Waals surface area contributed by atoms with Gasteiger partial charge in [0.15, 0.2) is 0 Å². The number of hydrogen-bond acceptors (Lipinski definition) is 3. The minimum absolute atomic E-state index is 0.0551. The Kier molecular flexibility index (Phi) is 2.30. The number of carbonyl (C=O) groups is 1. The molecule has 1 fully saturated rings. The molecule has 3 nitrogen and oxygen atoms in total. The van der Waals surface area contributed by atoms with Crippen molar-refractivity contribution >= 4 is 23.1 Å². The van der Waals surface area contributed by atoms with Crippen LogP contribution in [0.2, 0.25) is 0 Å². The van der Waals surface area contributed by atoms with Crippen LogP contribution in [-0.4, -0.2) is 23.4 Å². The zero-order chi connectivity index (χ0) is 10.3. The molecular formula is C10H15ClN2O. The molecule has 2 aliphatic rings. The van der Waals surface area contributed by atoms with Crippen LogP contribution in [0.3, 0.4) is 0 Å². The van der Waals surface area contributed by atoms with Crippen LogP contribution in [0.25, 0.3) is 0 Å². The van der Waals surface area contributed by atoms with Crippen LogP contribution in [0.4, 0.5) is 0 Å². The molecule has 78 valence electrons. The number of halogens is 1. The molecule has 0 spiro atoms. The summed E-state index contributed by atoms with van der Waals surface area (Å²) in [6.07, 6.45) is 1.64. The highest BCUT2D eigenvalue weighted by atomic mass is 35.5. The van der Waals surface area contributed by atoms with Crippen molar-refractivity contribution in [3.8, 4) is 0 Å². The third-order valence-corrected chi connectivity index (χ3v) is 3.32. The smallest absolute Gasteiger partial charge is 0.144 e. The Balaban J connectivity index is 2.20. The Morgan fingerprint density at radius 3 is 3.00 bits per heavy atom. The highest BCUT2D eigenvalue weighted by Crippen LogP contribution is 2.38. The quantitative estimate of drug-likeness (QED) is 0.674. The van der Waals surface area contributed by atoms with E-state index in [2.05, 4.69) is 24.4 Å². The first-order valence-corrected chi connectivity index (χ1v) is 5.47. The van der Waals surface area contributed by atoms with Crippen molar-refractivity contribution < 1.29 is 4.79 Å². The summed E-state index contributed by atoms with van der Waals surface area (Å²) in [4.78, 5) is 11.9. The Morgan fingerprint density at radius 2 is 2.36 bits per heavy atom. The highest BCUT2D eigenvalue weighted by molar-refractivity contribution is 6.31. The van der Waals surface area contributed by atoms with Crippen molar-refractivity contribution in [2.45, 2.75) is 32.7 Å². The molecule has 0 bridgehead atoms. The maximum absolute atomic E-state index is 11.9. The molecular weight excluding hydrogens is 200 g/mol. The third-order valence-electron chi connectivity index (χ3n) is 3.04. The number of hydrogen-bond donors (Lipinski definition) is 1. The standard InChI is InChI=1S/C10H15ClN2O/c1-10(2)3-6-9(8(14)4-10)7(5-11)13-12-6/h6,9,12H,3-5H2,1-2H3. The predicted octanol–water partition coefficient (Wildman–Crippen LogP) is 1.56. The molecule has 1 saturated carbocycles. The second-order valence-electron chi connectivity index (χ2n) is 4.96. The van der Waals surface area contributed by atoms with Crippen molar-refractivity contribution in [2.24, 2.45) is 16.4 Å². The summed E-state index contributed by atoms with van der Waals surface area (Å²) in [6.45, 7) is 4.25. The maximum Gasteiger partial charge on any atom is 0.144 e. The number of alkyl halides is 1. The molecule has 1 aliphatic carbocycles. The van der Waals surface area contributed by atoms with Crippen LogP contribution in [-0.2, 0) is 4.79 Å². The van der Waals surface area contributed by atoms with Crippen LogP contribution in [0.5, 0.6) is 0 Å². The van der Waals surface area contributed by atoms with Crippen LogP contribution >= 0.6 is 11.6 Å². The molecule has 4 heteroatoms. The minimum Gasteiger partial charge on any atom is -0.306 e. The van der Waals surface area contributed by atoms with Gasteiger partial charge in [-0.25, -0.2) is 0 Å². The van der Waals surface area contributed by atoms with E-state index in [1.54, 1.807) is 0 Å². The van der Waals surface area contributed by atoms with Crippen molar-refractivity contribution in [1.29, 1.82) is 0 Å². The summed E-state index contributed by atoms with van der Waals surface area (Å²) in [5.41, 5.74) is 3.94. The van der Waals surface area contributed by atoms with Gasteiger partial charge in [-0.2, -0.15) is 5.10 Å². The van der Waals surface area contributed by atoms with Crippen molar-refractivity contribution in [2.75, 3.05) is 5.88 Å². The van der Waals surface area contributed by atoms with E-state index in [0.29, 0.717) is 12.3 Å². The Bertz CT molecular complexity index is 298. The normalized spacial score (nSPS) is 34.8. The van der Waals surface area contributed by atoms with Crippen LogP contribution in [0.15, 0.2) is 5.10 Å². The number of fused-ring (bicyclic) bond motifs is 1. The van der Waals surface area contributed by atoms with E-state index >= 15 is 0 Å². The largest absolute Gasteiger partial charge is 0.306 e. The second kappa shape index (κ2) is 3.23. The molecule has 14 heavy (non-hydrogen) atoms. The van der Waals surface area contributed by atoms with E-state index in [1.165, 1.54) is 0 Å². The fourth-order valence-corrected chi connectivity index (χ4v) is 2.70. The fraction of sp³-hybridized carbons (Fsp3) is 0.800. The van der Waals surface area contributed by atoms with E-state index in [4.69, 9.17) is 11.6 Å². The van der Waals surface area contributed by atoms with E-state index in [0.717, 1.165) is 12.1 Å². The van der Waals surface area contributed by atoms with E-state index in [-0.39, 0.29) is 23.2 Å². The molecule has 0 radical (unpaired) electrons. The molecule has 2 unspecified atom stereocenters. The maximum atomic E-state index is 11.9. The molecule has 2 atom stereocenters. The lowest BCUT2D eigenvalue weighted by molar-refractivity contribution is -0.126. The average molecular weight is 215 g/mol. The van der Waals surface area contributed by atoms with Gasteiger partial charge in [-0.1, -0.05) is 13.8 Å². The summed E-state index contributed by atoms with van der Waals surface area (Å²) in [6, 6.07) is 0.181. The van der Waals surface area contributed by atoms with E-state index in [1.807, 2.05) is 0 Å². The number of nitrogens with one attached hydrogen (secondary N) is 1. The summed E-state index contributed by atoms with van der Waals surface area (Å²) in [5.74, 6) is 0.594. The van der Waals surface area contributed by atoms with Gasteiger partial charge in [-0.05, 0) is 11.8 Å². The zero-order valence-corrected chi connectivity index (χ0v) is 9.27. The van der Waals surface area contributed by atoms with E-state index in [9.17, 15) is 4.79 Å². The molecule has 0 amide bonds. The van der Waals surface area contributed by atoms with Gasteiger partial charge < -0.3 is 5.43 Å². The first kappa shape index (κ1) is 9.97. The number of rotatable bonds is 1. The van der Waals surface area contributed by atoms with Crippen LogP contribution in [0, 0.1) is 11.3 Å². The minimum atomic E-state index is -0.0551. The van der Waals surface area contributed by atoms with Gasteiger partial charge >= 0.3 is 0 Å². The second-order valence-corrected chi connectivity index (χ2v) is 5.23. The topological polar surface area (TPSA) is 41.5 Å². The summed E-state index contributed by atoms with van der Waals surface area (Å²) >= 11 is 5.74. The molecule has 1 aliphatic heterocycles. The number of Topliss-reactive ketones (excluding diaryl/α,β-unsaturated/α-hetero) is 1. The van der Waals surface area contributed by atoms with Gasteiger partial charge in [0.25, 0.3) is 0 Å². The van der Waals surface area contributed by atoms with Gasteiger partial charge in [-0.3, -0.25) is 4.79 Å². The average Bonchev–Trinajstić information content (AvgIpc) is 2.44. The Hall–Kier alpha value is -0.570. The van der Waals surface area contributed by atoms with Gasteiger partial charge in [-0.15, -0.1) is 11.6 Å². The fourth-order valence-electron chi connectivity index (χ4n) is 2.48. The van der Waals surface area contributed by atoms with Crippen molar-refractivity contribution in [3.05, 3.63) is 0 Å². The van der Waals surface area contributed by atoms with Crippen LogP contribution in [0.1, 0.15) is 26.7 Å². The van der Waals surface area contributed by atoms with Crippen molar-refractivity contribution in [3.63, 3.8) is 0 Å². The first-order valence-electron chi connectivity index (χ1n) is 4.94. The van der Waals surface area contributed by atoms with Gasteiger partial charge in [0.05, 0.1) is 23.6 Å². The zero-order valence-electron chi connectivity index (χ0n) is 8.51. The number of nitrogens with zero attached hydrogens (tertiary/aromatic N) is 1. The molecule has 0 aromatic heterocycles. The number of carbonyl (C=O) groups excluding carboxylic acids is 1. The Labute approximate surface area is 88.9 Å². The summed E-state index contributed by atoms with van der Waals surface area (Å²) in [5, 5.41) is 4.13. The number of hydrazone groups is 1. The molecule has 1 N–H and O–H groups in total. The monoisotopic (exact) mass is 214 g/mol. The van der Waals surface area contributed by atoms with Crippen molar-refractivity contribution in [1.82, 2.24) is 5.43 Å². The molecule has 0 saturated heterocycles. The van der Waals surface area contributed by atoms with Crippen LogP contribution < -0.4 is 5.43 Å². The number of ketones is 1. The Morgan fingerprint density at radius 1 is 1.64 bits per heavy atom. The molecule has 0 aromatic carbocycles. The third kappa shape index (κ3) is 1.54. The predicted molar refractivity (Wildman–Crippen MR) is 56.6 cm³/mol. The summed E-state index contributed by atoms with van der Waals surface area (Å²) < 4.78 is 0. The van der Waals surface area contributed by atoms with Gasteiger partial charge in [0.2, 0.25) is 0 Å². The van der Waals surface area contributed by atoms with Gasteiger partial charge in [0, 0.05) is 6.42 Å². The van der Waals surface area contributed by atoms with E-state index < -0.39 is 0 Å². The summed E-state index contributed by atoms with van der Waals surface area (Å²) in [7, 11) is 0. The van der Waals surface area contributed by atoms with Gasteiger partial charge in [0.1, 0.15) is 5.78 Å². The molecule has 1 heterocycles. The first-order chi connectivity index (χ1) is 6.53. The lowest BCUT2D eigenvalue weighted by Crippen LogP contribution is -2.45. The lowest BCUT2D eigenvalue weighted by atomic mass is 9.69. The highest BCUT2D eigenvalue weighted by Gasteiger charge is 2.45.